The molecule has 0 radical (unpaired) electrons. The fraction of sp³-hybridized carbons (Fsp3) is 0.667. The van der Waals surface area contributed by atoms with E-state index < -0.39 is 12.8 Å². The minimum Gasteiger partial charge on any atom is -0.393 e. The average Bonchev–Trinajstić information content (AvgIpc) is 1.84. The van der Waals surface area contributed by atoms with Crippen molar-refractivity contribution in [2.24, 2.45) is 0 Å². The summed E-state index contributed by atoms with van der Waals surface area (Å²) in [6, 6.07) is 0. The lowest BCUT2D eigenvalue weighted by atomic mass is 10.1. The average molecular weight is 118 g/mol. The summed E-state index contributed by atoms with van der Waals surface area (Å²) in [6.07, 6.45) is -0.623. The van der Waals surface area contributed by atoms with E-state index in [0.29, 0.717) is 12.0 Å². The minimum atomic E-state index is -1.22. The van der Waals surface area contributed by atoms with Crippen LogP contribution in [0.15, 0.2) is 12.2 Å². The Labute approximate surface area is 48.8 Å². The predicted octanol–water partition coefficient (Wildman–Crippen LogP) is 1.28. The summed E-state index contributed by atoms with van der Waals surface area (Å²) in [7, 11) is 0. The zero-order valence-corrected chi connectivity index (χ0v) is 5.02. The second kappa shape index (κ2) is 3.61. The summed E-state index contributed by atoms with van der Waals surface area (Å²) in [6.45, 7) is 4.78. The smallest absolute Gasteiger partial charge is 0.144 e. The molecule has 0 aliphatic heterocycles. The van der Waals surface area contributed by atoms with Gasteiger partial charge in [-0.05, 0) is 12.0 Å². The van der Waals surface area contributed by atoms with Gasteiger partial charge in [0.05, 0.1) is 6.61 Å². The molecule has 0 fully saturated rings. The van der Waals surface area contributed by atoms with Gasteiger partial charge in [0.1, 0.15) is 6.17 Å². The molecule has 0 aromatic carbocycles. The highest BCUT2D eigenvalue weighted by atomic mass is 19.1. The summed E-state index contributed by atoms with van der Waals surface area (Å²) in [5, 5.41) is 8.20. The van der Waals surface area contributed by atoms with Gasteiger partial charge in [0.2, 0.25) is 0 Å². The number of aliphatic hydroxyl groups is 1. The Morgan fingerprint density at radius 3 is 2.50 bits per heavy atom. The molecule has 0 aliphatic rings. The first kappa shape index (κ1) is 7.63. The van der Waals surface area contributed by atoms with E-state index in [9.17, 15) is 4.39 Å². The Hall–Kier alpha value is -0.370. The summed E-state index contributed by atoms with van der Waals surface area (Å²) < 4.78 is 12.2. The molecule has 48 valence electrons. The number of rotatable bonds is 3. The molecule has 2 heteroatoms. The van der Waals surface area contributed by atoms with Crippen LogP contribution in [-0.2, 0) is 0 Å². The van der Waals surface area contributed by atoms with Crippen LogP contribution in [0.1, 0.15) is 13.3 Å². The van der Waals surface area contributed by atoms with Crippen LogP contribution in [0.5, 0.6) is 0 Å². The Morgan fingerprint density at radius 1 is 1.88 bits per heavy atom. The topological polar surface area (TPSA) is 20.2 Å². The van der Waals surface area contributed by atoms with E-state index in [1.165, 1.54) is 0 Å². The number of halogens is 1. The Balaban J connectivity index is 3.46. The summed E-state index contributed by atoms with van der Waals surface area (Å²) in [4.78, 5) is 0. The van der Waals surface area contributed by atoms with E-state index in [1.807, 2.05) is 6.92 Å². The highest BCUT2D eigenvalue weighted by Crippen LogP contribution is 2.06. The highest BCUT2D eigenvalue weighted by molar-refractivity contribution is 5.00. The second-order valence-electron chi connectivity index (χ2n) is 1.66. The van der Waals surface area contributed by atoms with Gasteiger partial charge >= 0.3 is 0 Å². The van der Waals surface area contributed by atoms with E-state index in [1.54, 1.807) is 0 Å². The van der Waals surface area contributed by atoms with Crippen molar-refractivity contribution < 1.29 is 9.50 Å². The third kappa shape index (κ3) is 2.07. The van der Waals surface area contributed by atoms with Crippen LogP contribution in [0.2, 0.25) is 0 Å². The molecule has 0 saturated heterocycles. The third-order valence-corrected chi connectivity index (χ3v) is 1.06. The van der Waals surface area contributed by atoms with Crippen molar-refractivity contribution in [1.29, 1.82) is 0 Å². The van der Waals surface area contributed by atoms with E-state index in [0.717, 1.165) is 0 Å². The molecule has 1 N–H and O–H groups in total. The fourth-order valence-corrected chi connectivity index (χ4v) is 0.351. The maximum absolute atomic E-state index is 12.2. The highest BCUT2D eigenvalue weighted by Gasteiger charge is 2.05. The van der Waals surface area contributed by atoms with E-state index >= 15 is 0 Å². The van der Waals surface area contributed by atoms with Crippen molar-refractivity contribution in [2.75, 3.05) is 6.61 Å². The maximum atomic E-state index is 12.2. The first-order valence-corrected chi connectivity index (χ1v) is 2.65. The van der Waals surface area contributed by atoms with Crippen molar-refractivity contribution in [2.45, 2.75) is 19.5 Å². The van der Waals surface area contributed by atoms with Crippen LogP contribution in [0, 0.1) is 0 Å². The Kier molecular flexibility index (Phi) is 3.44. The largest absolute Gasteiger partial charge is 0.393 e. The number of hydrogen-bond acceptors (Lipinski definition) is 1. The van der Waals surface area contributed by atoms with Gasteiger partial charge in [-0.3, -0.25) is 0 Å². The molecule has 0 aromatic rings. The van der Waals surface area contributed by atoms with Crippen LogP contribution < -0.4 is 0 Å². The molecule has 0 saturated carbocycles. The van der Waals surface area contributed by atoms with E-state index in [-0.39, 0.29) is 0 Å². The number of alkyl halides is 1. The summed E-state index contributed by atoms with van der Waals surface area (Å²) in [5.41, 5.74) is 0.465. The van der Waals surface area contributed by atoms with Gasteiger partial charge in [-0.15, -0.1) is 0 Å². The first-order chi connectivity index (χ1) is 3.72. The molecule has 0 aromatic heterocycles. The molecule has 0 amide bonds. The van der Waals surface area contributed by atoms with Crippen molar-refractivity contribution in [3.8, 4) is 0 Å². The second-order valence-corrected chi connectivity index (χ2v) is 1.66. The molecule has 0 bridgehead atoms. The van der Waals surface area contributed by atoms with Gasteiger partial charge in [0.25, 0.3) is 0 Å². The number of hydrogen-bond donors (Lipinski definition) is 1. The molecule has 1 unspecified atom stereocenters. The van der Waals surface area contributed by atoms with Crippen LogP contribution in [0.3, 0.4) is 0 Å². The zero-order chi connectivity index (χ0) is 6.57. The summed E-state index contributed by atoms with van der Waals surface area (Å²) >= 11 is 0. The zero-order valence-electron chi connectivity index (χ0n) is 5.02. The predicted molar refractivity (Wildman–Crippen MR) is 31.4 cm³/mol. The molecule has 0 spiro atoms. The van der Waals surface area contributed by atoms with Crippen molar-refractivity contribution >= 4 is 0 Å². The van der Waals surface area contributed by atoms with Crippen molar-refractivity contribution in [1.82, 2.24) is 0 Å². The van der Waals surface area contributed by atoms with Gasteiger partial charge in [-0.2, -0.15) is 0 Å². The van der Waals surface area contributed by atoms with Crippen LogP contribution in [0.25, 0.3) is 0 Å². The van der Waals surface area contributed by atoms with Crippen LogP contribution in [-0.4, -0.2) is 17.9 Å². The molecule has 8 heavy (non-hydrogen) atoms. The van der Waals surface area contributed by atoms with Crippen molar-refractivity contribution in [3.63, 3.8) is 0 Å². The van der Waals surface area contributed by atoms with Gasteiger partial charge in [0.15, 0.2) is 0 Å². The molecule has 1 nitrogen and oxygen atoms in total. The molecular weight excluding hydrogens is 107 g/mol. The molecule has 0 aliphatic carbocycles. The van der Waals surface area contributed by atoms with Gasteiger partial charge in [-0.25, -0.2) is 4.39 Å². The lowest BCUT2D eigenvalue weighted by molar-refractivity contribution is 0.200. The van der Waals surface area contributed by atoms with E-state index in [4.69, 9.17) is 5.11 Å². The van der Waals surface area contributed by atoms with Crippen LogP contribution >= 0.6 is 0 Å². The first-order valence-electron chi connectivity index (χ1n) is 2.65. The van der Waals surface area contributed by atoms with Gasteiger partial charge in [0, 0.05) is 0 Å². The maximum Gasteiger partial charge on any atom is 0.144 e. The quantitative estimate of drug-likeness (QED) is 0.553. The molecule has 0 heterocycles. The number of aliphatic hydroxyl groups excluding tert-OH is 1. The summed E-state index contributed by atoms with van der Waals surface area (Å²) in [5.74, 6) is 0. The van der Waals surface area contributed by atoms with Crippen LogP contribution in [0.4, 0.5) is 4.39 Å². The normalized spacial score (nSPS) is 13.4. The third-order valence-electron chi connectivity index (χ3n) is 1.06. The molecular formula is C6H11FO. The monoisotopic (exact) mass is 118 g/mol. The Morgan fingerprint density at radius 2 is 2.38 bits per heavy atom. The van der Waals surface area contributed by atoms with Crippen molar-refractivity contribution in [3.05, 3.63) is 12.2 Å². The molecule has 1 atom stereocenters. The molecule has 0 rings (SSSR count). The minimum absolute atomic E-state index is 0.438. The SMILES string of the molecule is C=C(CC)C(F)CO. The Bertz CT molecular complexity index is 80.6. The standard InChI is InChI=1S/C6H11FO/c1-3-5(2)6(7)4-8/h6,8H,2-4H2,1H3. The van der Waals surface area contributed by atoms with E-state index in [2.05, 4.69) is 6.58 Å². The lowest BCUT2D eigenvalue weighted by Gasteiger charge is -2.03. The lowest BCUT2D eigenvalue weighted by Crippen LogP contribution is -2.07. The fourth-order valence-electron chi connectivity index (χ4n) is 0.351. The van der Waals surface area contributed by atoms with Gasteiger partial charge < -0.3 is 5.11 Å². The van der Waals surface area contributed by atoms with Gasteiger partial charge in [-0.1, -0.05) is 13.5 Å².